The zero-order chi connectivity index (χ0) is 22.4. The molecule has 4 aromatic rings. The van der Waals surface area contributed by atoms with Gasteiger partial charge in [-0.2, -0.15) is 5.10 Å². The molecule has 3 aromatic heterocycles. The van der Waals surface area contributed by atoms with Crippen LogP contribution in [0.15, 0.2) is 41.4 Å². The van der Waals surface area contributed by atoms with Crippen molar-refractivity contribution in [1.82, 2.24) is 20.1 Å². The van der Waals surface area contributed by atoms with Crippen molar-refractivity contribution in [2.75, 3.05) is 18.8 Å². The van der Waals surface area contributed by atoms with E-state index in [2.05, 4.69) is 15.4 Å². The second-order valence-electron chi connectivity index (χ2n) is 7.74. The monoisotopic (exact) mass is 475 g/mol. The van der Waals surface area contributed by atoms with Crippen LogP contribution in [0.3, 0.4) is 0 Å². The fraction of sp³-hybridized carbons (Fsp3) is 0.273. The van der Waals surface area contributed by atoms with Crippen LogP contribution in [0.1, 0.15) is 31.1 Å². The number of ether oxygens (including phenoxy) is 1. The van der Waals surface area contributed by atoms with E-state index in [1.165, 1.54) is 12.1 Å². The van der Waals surface area contributed by atoms with E-state index in [0.717, 1.165) is 36.0 Å². The minimum atomic E-state index is -0.702. The second kappa shape index (κ2) is 8.27. The Labute approximate surface area is 193 Å². The first-order valence-corrected chi connectivity index (χ1v) is 10.9. The molecule has 0 bridgehead atoms. The van der Waals surface area contributed by atoms with Gasteiger partial charge in [0.05, 0.1) is 22.6 Å². The molecule has 1 aromatic carbocycles. The lowest BCUT2D eigenvalue weighted by molar-refractivity contribution is 0.227. The van der Waals surface area contributed by atoms with E-state index in [9.17, 15) is 4.39 Å². The van der Waals surface area contributed by atoms with Crippen molar-refractivity contribution in [2.24, 2.45) is 0 Å². The second-order valence-corrected chi connectivity index (χ2v) is 8.52. The van der Waals surface area contributed by atoms with E-state index in [0.29, 0.717) is 17.2 Å². The van der Waals surface area contributed by atoms with Crippen molar-refractivity contribution < 1.29 is 13.5 Å². The van der Waals surface area contributed by atoms with Crippen molar-refractivity contribution in [3.8, 4) is 16.9 Å². The van der Waals surface area contributed by atoms with Crippen molar-refractivity contribution >= 4 is 40.0 Å². The summed E-state index contributed by atoms with van der Waals surface area (Å²) in [5.41, 5.74) is 8.57. The SMILES string of the molecule is C[C@@H](Oc1c(N)ncc2c(-c3cnn([C@H]4CCNC4)c3)coc12)c1c(Cl)ccc(F)c1Cl. The number of aromatic nitrogens is 3. The standard InChI is InChI=1S/C22H20Cl2FN5O2/c1-11(18-16(23)2-3-17(25)19(18)24)32-21-20-14(8-28-22(21)26)15(10-31-20)12-6-29-30(9-12)13-4-5-27-7-13/h2-3,6,8-11,13,27H,4-5,7H2,1H3,(H2,26,28)/t11-,13+/m1/s1. The number of furan rings is 1. The lowest BCUT2D eigenvalue weighted by atomic mass is 10.1. The molecule has 0 aliphatic carbocycles. The first-order valence-electron chi connectivity index (χ1n) is 10.1. The Morgan fingerprint density at radius 1 is 1.34 bits per heavy atom. The highest BCUT2D eigenvalue weighted by atomic mass is 35.5. The van der Waals surface area contributed by atoms with Gasteiger partial charge >= 0.3 is 0 Å². The van der Waals surface area contributed by atoms with Crippen LogP contribution in [0.5, 0.6) is 5.75 Å². The molecule has 1 aliphatic rings. The third-order valence-corrected chi connectivity index (χ3v) is 6.42. The largest absolute Gasteiger partial charge is 0.478 e. The fourth-order valence-corrected chi connectivity index (χ4v) is 4.69. The van der Waals surface area contributed by atoms with E-state index >= 15 is 0 Å². The van der Waals surface area contributed by atoms with Gasteiger partial charge in [-0.3, -0.25) is 4.68 Å². The van der Waals surface area contributed by atoms with Crippen LogP contribution in [-0.4, -0.2) is 27.9 Å². The molecule has 0 radical (unpaired) electrons. The van der Waals surface area contributed by atoms with E-state index in [4.69, 9.17) is 38.1 Å². The molecule has 1 fully saturated rings. The van der Waals surface area contributed by atoms with E-state index in [1.54, 1.807) is 25.6 Å². The maximum Gasteiger partial charge on any atom is 0.205 e. The lowest BCUT2D eigenvalue weighted by Gasteiger charge is -2.18. The van der Waals surface area contributed by atoms with Crippen LogP contribution in [0.4, 0.5) is 10.2 Å². The molecule has 32 heavy (non-hydrogen) atoms. The van der Waals surface area contributed by atoms with Gasteiger partial charge in [-0.25, -0.2) is 9.37 Å². The molecule has 1 aliphatic heterocycles. The fourth-order valence-electron chi connectivity index (χ4n) is 4.01. The first kappa shape index (κ1) is 21.1. The minimum Gasteiger partial charge on any atom is -0.478 e. The predicted octanol–water partition coefficient (Wildman–Crippen LogP) is 5.39. The molecule has 4 heterocycles. The summed E-state index contributed by atoms with van der Waals surface area (Å²) in [5.74, 6) is -0.202. The summed E-state index contributed by atoms with van der Waals surface area (Å²) in [4.78, 5) is 4.27. The van der Waals surface area contributed by atoms with Crippen LogP contribution < -0.4 is 15.8 Å². The molecule has 0 amide bonds. The summed E-state index contributed by atoms with van der Waals surface area (Å²) in [6, 6.07) is 2.97. The van der Waals surface area contributed by atoms with Crippen molar-refractivity contribution in [1.29, 1.82) is 0 Å². The maximum atomic E-state index is 14.0. The number of nitrogen functional groups attached to an aromatic ring is 1. The number of nitrogens with one attached hydrogen (secondary N) is 1. The van der Waals surface area contributed by atoms with Gasteiger partial charge in [0.1, 0.15) is 18.2 Å². The number of nitrogens with two attached hydrogens (primary N) is 1. The number of hydrogen-bond donors (Lipinski definition) is 2. The van der Waals surface area contributed by atoms with Gasteiger partial charge in [-0.15, -0.1) is 0 Å². The van der Waals surface area contributed by atoms with Gasteiger partial charge in [-0.1, -0.05) is 23.2 Å². The highest BCUT2D eigenvalue weighted by molar-refractivity contribution is 6.36. The molecule has 5 rings (SSSR count). The number of fused-ring (bicyclic) bond motifs is 1. The highest BCUT2D eigenvalue weighted by Crippen LogP contribution is 2.41. The van der Waals surface area contributed by atoms with Crippen molar-refractivity contribution in [3.05, 3.63) is 58.4 Å². The maximum absolute atomic E-state index is 14.0. The van der Waals surface area contributed by atoms with E-state index in [1.807, 2.05) is 10.9 Å². The molecule has 7 nitrogen and oxygen atoms in total. The Morgan fingerprint density at radius 3 is 2.97 bits per heavy atom. The van der Waals surface area contributed by atoms with Crippen LogP contribution in [0.2, 0.25) is 10.0 Å². The van der Waals surface area contributed by atoms with Crippen molar-refractivity contribution in [2.45, 2.75) is 25.5 Å². The average Bonchev–Trinajstić information content (AvgIpc) is 3.52. The summed E-state index contributed by atoms with van der Waals surface area (Å²) >= 11 is 12.4. The molecule has 1 saturated heterocycles. The molecule has 10 heteroatoms. The summed E-state index contributed by atoms with van der Waals surface area (Å²) in [7, 11) is 0. The number of hydrogen-bond acceptors (Lipinski definition) is 6. The molecule has 166 valence electrons. The zero-order valence-corrected chi connectivity index (χ0v) is 18.6. The molecule has 3 N–H and O–H groups in total. The third kappa shape index (κ3) is 3.58. The Bertz CT molecular complexity index is 1300. The van der Waals surface area contributed by atoms with Gasteiger partial charge in [0.15, 0.2) is 11.4 Å². The molecular weight excluding hydrogens is 456 g/mol. The summed E-state index contributed by atoms with van der Waals surface area (Å²) in [6.07, 6.45) is 7.39. The first-order chi connectivity index (χ1) is 15.4. The van der Waals surface area contributed by atoms with Crippen molar-refractivity contribution in [3.63, 3.8) is 0 Å². The smallest absolute Gasteiger partial charge is 0.205 e. The predicted molar refractivity (Wildman–Crippen MR) is 122 cm³/mol. The Hall–Kier alpha value is -2.81. The Kier molecular flexibility index (Phi) is 5.44. The molecule has 0 spiro atoms. The Balaban J connectivity index is 1.51. The number of nitrogens with zero attached hydrogens (tertiary/aromatic N) is 3. The molecular formula is C22H20Cl2FN5O2. The zero-order valence-electron chi connectivity index (χ0n) is 17.1. The van der Waals surface area contributed by atoms with Gasteiger partial charge in [0, 0.05) is 40.7 Å². The van der Waals surface area contributed by atoms with E-state index < -0.39 is 11.9 Å². The number of pyridine rings is 1. The van der Waals surface area contributed by atoms with Gasteiger partial charge < -0.3 is 20.2 Å². The summed E-state index contributed by atoms with van der Waals surface area (Å²) in [6.45, 7) is 3.58. The van der Waals surface area contributed by atoms with Crippen LogP contribution >= 0.6 is 23.2 Å². The topological polar surface area (TPSA) is 91.1 Å². The third-order valence-electron chi connectivity index (χ3n) is 5.70. The van der Waals surface area contributed by atoms with Crippen LogP contribution in [0.25, 0.3) is 22.1 Å². The molecule has 0 unspecified atom stereocenters. The number of anilines is 1. The van der Waals surface area contributed by atoms with Crippen LogP contribution in [0, 0.1) is 5.82 Å². The average molecular weight is 476 g/mol. The summed E-state index contributed by atoms with van der Waals surface area (Å²) in [5, 5.41) is 8.76. The van der Waals surface area contributed by atoms with Gasteiger partial charge in [0.2, 0.25) is 5.75 Å². The van der Waals surface area contributed by atoms with Gasteiger partial charge in [0.25, 0.3) is 0 Å². The lowest BCUT2D eigenvalue weighted by Crippen LogP contribution is -2.13. The normalized spacial score (nSPS) is 17.2. The van der Waals surface area contributed by atoms with Crippen LogP contribution in [-0.2, 0) is 0 Å². The summed E-state index contributed by atoms with van der Waals surface area (Å²) < 4.78 is 27.8. The number of halogens is 3. The highest BCUT2D eigenvalue weighted by Gasteiger charge is 2.24. The Morgan fingerprint density at radius 2 is 2.19 bits per heavy atom. The molecule has 0 saturated carbocycles. The van der Waals surface area contributed by atoms with E-state index in [-0.39, 0.29) is 21.6 Å². The molecule has 2 atom stereocenters. The number of benzene rings is 1. The number of rotatable bonds is 5. The minimum absolute atomic E-state index is 0.0994. The van der Waals surface area contributed by atoms with Gasteiger partial charge in [-0.05, 0) is 32.0 Å². The quantitative estimate of drug-likeness (QED) is 0.375.